The van der Waals surface area contributed by atoms with Crippen LogP contribution in [0.4, 0.5) is 16.2 Å². The van der Waals surface area contributed by atoms with Gasteiger partial charge in [-0.1, -0.05) is 6.07 Å². The van der Waals surface area contributed by atoms with Crippen molar-refractivity contribution in [1.82, 2.24) is 19.9 Å². The van der Waals surface area contributed by atoms with Crippen LogP contribution in [0.2, 0.25) is 0 Å². The summed E-state index contributed by atoms with van der Waals surface area (Å²) >= 11 is 0. The number of nitrogens with zero attached hydrogens (tertiary/aromatic N) is 4. The normalized spacial score (nSPS) is 13.9. The van der Waals surface area contributed by atoms with Crippen LogP contribution in [0.3, 0.4) is 0 Å². The Balaban J connectivity index is 1.45. The number of rotatable bonds is 14. The Morgan fingerprint density at radius 3 is 2.85 bits per heavy atom. The molecule has 1 atom stereocenters. The summed E-state index contributed by atoms with van der Waals surface area (Å²) in [4.78, 5) is 26.2. The summed E-state index contributed by atoms with van der Waals surface area (Å²) < 4.78 is 18.2. The summed E-state index contributed by atoms with van der Waals surface area (Å²) in [6, 6.07) is 3.43. The third-order valence-corrected chi connectivity index (χ3v) is 5.68. The zero-order valence-corrected chi connectivity index (χ0v) is 19.1. The van der Waals surface area contributed by atoms with E-state index in [0.717, 1.165) is 75.6 Å². The lowest BCUT2D eigenvalue weighted by molar-refractivity contribution is -0.138. The average molecular weight is 461 g/mol. The van der Waals surface area contributed by atoms with Gasteiger partial charge >= 0.3 is 5.97 Å². The van der Waals surface area contributed by atoms with E-state index in [-0.39, 0.29) is 5.95 Å². The van der Waals surface area contributed by atoms with Gasteiger partial charge < -0.3 is 25.4 Å². The molecule has 0 aliphatic carbocycles. The lowest BCUT2D eigenvalue weighted by Gasteiger charge is -2.24. The number of hydrogen-bond donors (Lipinski definition) is 3. The van der Waals surface area contributed by atoms with Gasteiger partial charge in [0, 0.05) is 32.4 Å². The van der Waals surface area contributed by atoms with E-state index in [2.05, 4.69) is 37.6 Å². The van der Waals surface area contributed by atoms with Crippen molar-refractivity contribution in [3.63, 3.8) is 0 Å². The second kappa shape index (κ2) is 13.0. The number of carboxylic acids is 1. The number of carboxylic acid groups (broad SMARTS) is 1. The SMILES string of the molecule is COCCN(CCCCc1ccc2c(n1)NCCC2)CC[C@H](Nc1ncc(F)cn1)C(=O)O. The molecular weight excluding hydrogens is 427 g/mol. The molecule has 0 aromatic carbocycles. The molecule has 2 aromatic rings. The maximum Gasteiger partial charge on any atom is 0.326 e. The van der Waals surface area contributed by atoms with Crippen molar-refractivity contribution in [3.8, 4) is 0 Å². The molecule has 0 spiro atoms. The van der Waals surface area contributed by atoms with Gasteiger partial charge in [0.1, 0.15) is 11.9 Å². The Morgan fingerprint density at radius 1 is 1.27 bits per heavy atom. The minimum Gasteiger partial charge on any atom is -0.480 e. The number of hydrogen-bond acceptors (Lipinski definition) is 8. The third kappa shape index (κ3) is 8.21. The highest BCUT2D eigenvalue weighted by Crippen LogP contribution is 2.20. The van der Waals surface area contributed by atoms with Crippen molar-refractivity contribution < 1.29 is 19.0 Å². The van der Waals surface area contributed by atoms with Crippen LogP contribution >= 0.6 is 0 Å². The van der Waals surface area contributed by atoms with Crippen LogP contribution in [-0.4, -0.2) is 76.9 Å². The highest BCUT2D eigenvalue weighted by atomic mass is 19.1. The monoisotopic (exact) mass is 460 g/mol. The van der Waals surface area contributed by atoms with E-state index >= 15 is 0 Å². The number of aryl methyl sites for hydroxylation is 2. The van der Waals surface area contributed by atoms with Crippen molar-refractivity contribution in [2.24, 2.45) is 0 Å². The summed E-state index contributed by atoms with van der Waals surface area (Å²) in [6.07, 6.45) is 7.50. The number of anilines is 2. The first-order valence-electron chi connectivity index (χ1n) is 11.5. The van der Waals surface area contributed by atoms with Gasteiger partial charge in [-0.25, -0.2) is 24.1 Å². The quantitative estimate of drug-likeness (QED) is 0.366. The highest BCUT2D eigenvalue weighted by molar-refractivity contribution is 5.76. The fraction of sp³-hybridized carbons (Fsp3) is 0.565. The molecule has 3 rings (SSSR count). The van der Waals surface area contributed by atoms with Gasteiger partial charge in [0.15, 0.2) is 5.82 Å². The minimum atomic E-state index is -0.998. The molecular formula is C23H33FN6O3. The number of carbonyl (C=O) groups is 1. The van der Waals surface area contributed by atoms with Crippen LogP contribution in [0.15, 0.2) is 24.5 Å². The second-order valence-corrected chi connectivity index (χ2v) is 8.18. The number of nitrogens with one attached hydrogen (secondary N) is 2. The largest absolute Gasteiger partial charge is 0.480 e. The number of methoxy groups -OCH3 is 1. The minimum absolute atomic E-state index is 0.0966. The molecule has 0 saturated carbocycles. The van der Waals surface area contributed by atoms with Crippen molar-refractivity contribution in [2.45, 2.75) is 44.6 Å². The van der Waals surface area contributed by atoms with Crippen LogP contribution in [0.1, 0.15) is 36.9 Å². The predicted octanol–water partition coefficient (Wildman–Crippen LogP) is 2.60. The summed E-state index contributed by atoms with van der Waals surface area (Å²) in [6.45, 7) is 3.69. The molecule has 10 heteroatoms. The van der Waals surface area contributed by atoms with Crippen LogP contribution < -0.4 is 10.6 Å². The van der Waals surface area contributed by atoms with Crippen LogP contribution in [0.5, 0.6) is 0 Å². The number of fused-ring (bicyclic) bond motifs is 1. The standard InChI is InChI=1S/C23H33FN6O3/c1-33-14-13-30(12-9-20(22(31)32)29-23-26-15-18(24)16-27-23)11-3-2-6-19-8-7-17-5-4-10-25-21(17)28-19/h7-8,15-16,20H,2-6,9-14H2,1H3,(H,25,28)(H,31,32)(H,26,27,29)/t20-/m0/s1. The molecule has 2 aromatic heterocycles. The molecule has 3 N–H and O–H groups in total. The van der Waals surface area contributed by atoms with Gasteiger partial charge in [-0.05, 0) is 56.7 Å². The van der Waals surface area contributed by atoms with E-state index in [1.54, 1.807) is 7.11 Å². The molecule has 0 radical (unpaired) electrons. The number of ether oxygens (including phenoxy) is 1. The van der Waals surface area contributed by atoms with Gasteiger partial charge in [0.05, 0.1) is 19.0 Å². The van der Waals surface area contributed by atoms with Gasteiger partial charge in [0.2, 0.25) is 5.95 Å². The van der Waals surface area contributed by atoms with Gasteiger partial charge in [0.25, 0.3) is 0 Å². The highest BCUT2D eigenvalue weighted by Gasteiger charge is 2.20. The van der Waals surface area contributed by atoms with Gasteiger partial charge in [-0.3, -0.25) is 0 Å². The Kier molecular flexibility index (Phi) is 9.77. The Bertz CT molecular complexity index is 883. The lowest BCUT2D eigenvalue weighted by Crippen LogP contribution is -2.37. The molecule has 9 nitrogen and oxygen atoms in total. The fourth-order valence-electron chi connectivity index (χ4n) is 3.82. The zero-order valence-electron chi connectivity index (χ0n) is 19.1. The topological polar surface area (TPSA) is 113 Å². The van der Waals surface area contributed by atoms with E-state index in [1.165, 1.54) is 5.56 Å². The van der Waals surface area contributed by atoms with Crippen LogP contribution in [0, 0.1) is 5.82 Å². The van der Waals surface area contributed by atoms with E-state index in [0.29, 0.717) is 19.6 Å². The Labute approximate surface area is 193 Å². The Hall–Kier alpha value is -2.85. The maximum absolute atomic E-state index is 13.0. The average Bonchev–Trinajstić information content (AvgIpc) is 2.83. The van der Waals surface area contributed by atoms with Crippen molar-refractivity contribution in [1.29, 1.82) is 0 Å². The molecule has 33 heavy (non-hydrogen) atoms. The van der Waals surface area contributed by atoms with E-state index < -0.39 is 17.8 Å². The van der Waals surface area contributed by atoms with Crippen molar-refractivity contribution in [2.75, 3.05) is 50.5 Å². The molecule has 1 aliphatic rings. The number of unbranched alkanes of at least 4 members (excludes halogenated alkanes) is 1. The molecule has 0 saturated heterocycles. The van der Waals surface area contributed by atoms with Crippen molar-refractivity contribution >= 4 is 17.7 Å². The molecule has 1 aliphatic heterocycles. The maximum atomic E-state index is 13.0. The smallest absolute Gasteiger partial charge is 0.326 e. The molecule has 0 unspecified atom stereocenters. The fourth-order valence-corrected chi connectivity index (χ4v) is 3.82. The summed E-state index contributed by atoms with van der Waals surface area (Å²) in [5.41, 5.74) is 2.39. The predicted molar refractivity (Wildman–Crippen MR) is 124 cm³/mol. The van der Waals surface area contributed by atoms with Crippen LogP contribution in [0.25, 0.3) is 0 Å². The van der Waals surface area contributed by atoms with Crippen LogP contribution in [-0.2, 0) is 22.4 Å². The molecule has 0 fully saturated rings. The number of pyridine rings is 1. The number of halogens is 1. The summed E-state index contributed by atoms with van der Waals surface area (Å²) in [5.74, 6) is -0.446. The Morgan fingerprint density at radius 2 is 2.09 bits per heavy atom. The summed E-state index contributed by atoms with van der Waals surface area (Å²) in [7, 11) is 1.65. The number of aliphatic carboxylic acids is 1. The van der Waals surface area contributed by atoms with Gasteiger partial charge in [-0.15, -0.1) is 0 Å². The summed E-state index contributed by atoms with van der Waals surface area (Å²) in [5, 5.41) is 15.7. The van der Waals surface area contributed by atoms with E-state index in [1.807, 2.05) is 0 Å². The number of aromatic nitrogens is 3. The molecule has 180 valence electrons. The second-order valence-electron chi connectivity index (χ2n) is 8.18. The first-order valence-corrected chi connectivity index (χ1v) is 11.5. The van der Waals surface area contributed by atoms with E-state index in [4.69, 9.17) is 9.72 Å². The van der Waals surface area contributed by atoms with E-state index in [9.17, 15) is 14.3 Å². The molecule has 0 amide bonds. The first-order chi connectivity index (χ1) is 16.0. The lowest BCUT2D eigenvalue weighted by atomic mass is 10.1. The van der Waals surface area contributed by atoms with Crippen molar-refractivity contribution in [3.05, 3.63) is 41.6 Å². The molecule has 3 heterocycles. The first kappa shape index (κ1) is 24.8. The molecule has 0 bridgehead atoms. The third-order valence-electron chi connectivity index (χ3n) is 5.68. The zero-order chi connectivity index (χ0) is 23.5. The van der Waals surface area contributed by atoms with Gasteiger partial charge in [-0.2, -0.15) is 0 Å².